The van der Waals surface area contributed by atoms with Gasteiger partial charge < -0.3 is 18.1 Å². The highest BCUT2D eigenvalue weighted by molar-refractivity contribution is 7.53. The summed E-state index contributed by atoms with van der Waals surface area (Å²) >= 11 is 0. The van der Waals surface area contributed by atoms with Crippen molar-refractivity contribution < 1.29 is 31.7 Å². The Hall–Kier alpha value is 0.850. The summed E-state index contributed by atoms with van der Waals surface area (Å²) in [6.45, 7) is 10.3. The molecule has 2 aliphatic rings. The van der Waals surface area contributed by atoms with Crippen LogP contribution in [0.15, 0.2) is 0 Å². The van der Waals surface area contributed by atoms with Crippen LogP contribution in [0.2, 0.25) is 0 Å². The van der Waals surface area contributed by atoms with Crippen LogP contribution < -0.4 is 0 Å². The Kier molecular flexibility index (Phi) is 7.88. The maximum Gasteiger partial charge on any atom is 0.332 e. The lowest BCUT2D eigenvalue weighted by Gasteiger charge is -2.37. The molecule has 0 aliphatic carbocycles. The Morgan fingerprint density at radius 1 is 0.957 bits per heavy atom. The highest BCUT2D eigenvalue weighted by atomic mass is 31.2. The van der Waals surface area contributed by atoms with E-state index in [4.69, 9.17) is 27.1 Å². The van der Waals surface area contributed by atoms with Gasteiger partial charge >= 0.3 is 7.60 Å². The van der Waals surface area contributed by atoms with Gasteiger partial charge in [-0.15, -0.1) is 0 Å². The van der Waals surface area contributed by atoms with Gasteiger partial charge in [0.05, 0.1) is 13.2 Å². The topological polar surface area (TPSA) is 72.5 Å². The van der Waals surface area contributed by atoms with Crippen molar-refractivity contribution in [2.45, 2.75) is 39.3 Å². The molecular formula is C13H27O7P3. The molecule has 136 valence electrons. The zero-order chi connectivity index (χ0) is 17.0. The Morgan fingerprint density at radius 2 is 1.35 bits per heavy atom. The van der Waals surface area contributed by atoms with Gasteiger partial charge in [0, 0.05) is 31.8 Å². The van der Waals surface area contributed by atoms with Crippen LogP contribution in [0.4, 0.5) is 0 Å². The van der Waals surface area contributed by atoms with Crippen molar-refractivity contribution in [2.24, 2.45) is 11.8 Å². The lowest BCUT2D eigenvalue weighted by molar-refractivity contribution is -0.116. The number of hydrogen-bond acceptors (Lipinski definition) is 7. The van der Waals surface area contributed by atoms with Crippen molar-refractivity contribution in [1.82, 2.24) is 0 Å². The summed E-state index contributed by atoms with van der Waals surface area (Å²) in [7, 11) is -5.33. The van der Waals surface area contributed by atoms with E-state index in [0.29, 0.717) is 13.2 Å². The lowest BCUT2D eigenvalue weighted by atomic mass is 10.1. The molecule has 0 aromatic carbocycles. The number of rotatable bonds is 6. The second-order valence-electron chi connectivity index (χ2n) is 5.74. The summed E-state index contributed by atoms with van der Waals surface area (Å²) in [4.78, 5) is 0. The van der Waals surface area contributed by atoms with Crippen molar-refractivity contribution in [1.29, 1.82) is 0 Å². The predicted octanol–water partition coefficient (Wildman–Crippen LogP) is 4.52. The molecule has 0 spiro atoms. The second kappa shape index (κ2) is 8.98. The van der Waals surface area contributed by atoms with Gasteiger partial charge in [0.1, 0.15) is 0 Å². The first-order valence-electron chi connectivity index (χ1n) is 7.85. The number of hydrogen-bond donors (Lipinski definition) is 0. The van der Waals surface area contributed by atoms with Gasteiger partial charge in [0.2, 0.25) is 0 Å². The molecule has 0 aromatic heterocycles. The first-order chi connectivity index (χ1) is 10.8. The normalized spacial score (nSPS) is 41.4. The molecule has 0 saturated carbocycles. The standard InChI is InChI=1S/C13H27O7P3/c1-6-10-8-15-21(3)17-12(10)19-23(5,14)20-13-11(7-2)9-16-22(4)18-13/h10-13H,6-9H2,1-5H3. The molecule has 0 bridgehead atoms. The van der Waals surface area contributed by atoms with Crippen LogP contribution in [-0.4, -0.2) is 45.8 Å². The Morgan fingerprint density at radius 3 is 1.70 bits per heavy atom. The lowest BCUT2D eigenvalue weighted by Crippen LogP contribution is -2.34. The minimum absolute atomic E-state index is 0.0476. The summed E-state index contributed by atoms with van der Waals surface area (Å²) in [5, 5.41) is 0. The third-order valence-corrected chi connectivity index (χ3v) is 7.07. The van der Waals surface area contributed by atoms with Crippen molar-refractivity contribution in [2.75, 3.05) is 33.2 Å². The monoisotopic (exact) mass is 388 g/mol. The largest absolute Gasteiger partial charge is 0.334 e. The van der Waals surface area contributed by atoms with E-state index < -0.39 is 36.9 Å². The first kappa shape index (κ1) is 20.2. The van der Waals surface area contributed by atoms with Gasteiger partial charge in [0.25, 0.3) is 0 Å². The molecule has 2 rings (SSSR count). The van der Waals surface area contributed by atoms with Crippen LogP contribution in [-0.2, 0) is 31.7 Å². The summed E-state index contributed by atoms with van der Waals surface area (Å²) in [6.07, 6.45) is 0.506. The molecule has 2 saturated heterocycles. The molecule has 2 heterocycles. The highest BCUT2D eigenvalue weighted by Gasteiger charge is 2.39. The fourth-order valence-corrected chi connectivity index (χ4v) is 5.63. The Balaban J connectivity index is 1.98. The molecule has 10 heteroatoms. The van der Waals surface area contributed by atoms with E-state index in [-0.39, 0.29) is 11.8 Å². The molecule has 0 N–H and O–H groups in total. The van der Waals surface area contributed by atoms with Crippen LogP contribution >= 0.6 is 24.3 Å². The van der Waals surface area contributed by atoms with E-state index in [0.717, 1.165) is 12.8 Å². The maximum atomic E-state index is 12.8. The molecule has 2 fully saturated rings. The molecule has 2 aliphatic heterocycles. The fourth-order valence-electron chi connectivity index (χ4n) is 2.32. The van der Waals surface area contributed by atoms with Gasteiger partial charge in [-0.05, 0) is 12.8 Å². The van der Waals surface area contributed by atoms with Crippen LogP contribution in [0, 0.1) is 11.8 Å². The van der Waals surface area contributed by atoms with Crippen molar-refractivity contribution in [3.05, 3.63) is 0 Å². The van der Waals surface area contributed by atoms with Gasteiger partial charge in [-0.3, -0.25) is 13.6 Å². The Bertz CT molecular complexity index is 390. The van der Waals surface area contributed by atoms with E-state index >= 15 is 0 Å². The van der Waals surface area contributed by atoms with E-state index in [1.54, 1.807) is 0 Å². The second-order valence-corrected chi connectivity index (χ2v) is 10.4. The molecule has 0 radical (unpaired) electrons. The summed E-state index contributed by atoms with van der Waals surface area (Å²) in [6, 6.07) is 0. The molecule has 6 atom stereocenters. The summed E-state index contributed by atoms with van der Waals surface area (Å²) in [5.74, 6) is 0.0953. The molecule has 7 nitrogen and oxygen atoms in total. The van der Waals surface area contributed by atoms with Crippen molar-refractivity contribution in [3.8, 4) is 0 Å². The molecule has 0 amide bonds. The molecular weight excluding hydrogens is 361 g/mol. The minimum Gasteiger partial charge on any atom is -0.334 e. The van der Waals surface area contributed by atoms with Gasteiger partial charge in [-0.2, -0.15) is 0 Å². The SMILES string of the molecule is CCC1COP(C)OC1OP(C)(=O)OC1OP(C)OCC1CC. The molecule has 6 unspecified atom stereocenters. The van der Waals surface area contributed by atoms with Gasteiger partial charge in [-0.25, -0.2) is 0 Å². The van der Waals surface area contributed by atoms with Crippen molar-refractivity contribution in [3.63, 3.8) is 0 Å². The third kappa shape index (κ3) is 5.95. The highest BCUT2D eigenvalue weighted by Crippen LogP contribution is 2.55. The van der Waals surface area contributed by atoms with Crippen LogP contribution in [0.1, 0.15) is 26.7 Å². The average Bonchev–Trinajstić information content (AvgIpc) is 2.47. The van der Waals surface area contributed by atoms with E-state index in [2.05, 4.69) is 0 Å². The average molecular weight is 388 g/mol. The minimum atomic E-state index is -3.32. The first-order valence-corrected chi connectivity index (χ1v) is 13.1. The van der Waals surface area contributed by atoms with E-state index in [1.807, 2.05) is 27.2 Å². The summed E-state index contributed by atoms with van der Waals surface area (Å²) < 4.78 is 46.7. The quantitative estimate of drug-likeness (QED) is 0.619. The maximum absolute atomic E-state index is 12.8. The van der Waals surface area contributed by atoms with Gasteiger partial charge in [0.15, 0.2) is 29.3 Å². The van der Waals surface area contributed by atoms with Crippen LogP contribution in [0.25, 0.3) is 0 Å². The van der Waals surface area contributed by atoms with E-state index in [9.17, 15) is 4.57 Å². The smallest absolute Gasteiger partial charge is 0.332 e. The predicted molar refractivity (Wildman–Crippen MR) is 90.6 cm³/mol. The van der Waals surface area contributed by atoms with Crippen molar-refractivity contribution >= 4 is 24.3 Å². The molecule has 0 aromatic rings. The summed E-state index contributed by atoms with van der Waals surface area (Å²) in [5.41, 5.74) is 0. The third-order valence-electron chi connectivity index (χ3n) is 3.85. The Labute approximate surface area is 141 Å². The van der Waals surface area contributed by atoms with Crippen LogP contribution in [0.5, 0.6) is 0 Å². The zero-order valence-electron chi connectivity index (χ0n) is 14.3. The van der Waals surface area contributed by atoms with Crippen LogP contribution in [0.3, 0.4) is 0 Å². The zero-order valence-corrected chi connectivity index (χ0v) is 17.0. The fraction of sp³-hybridized carbons (Fsp3) is 1.00. The van der Waals surface area contributed by atoms with Gasteiger partial charge in [-0.1, -0.05) is 13.8 Å². The van der Waals surface area contributed by atoms with E-state index in [1.165, 1.54) is 6.66 Å². The molecule has 23 heavy (non-hydrogen) atoms.